The summed E-state index contributed by atoms with van der Waals surface area (Å²) in [6.07, 6.45) is 0. The monoisotopic (exact) mass is 356 g/mol. The number of nitrogens with one attached hydrogen (secondary N) is 1. The zero-order chi connectivity index (χ0) is 14.9. The van der Waals surface area contributed by atoms with E-state index in [1.54, 1.807) is 18.2 Å². The molecule has 0 radical (unpaired) electrons. The summed E-state index contributed by atoms with van der Waals surface area (Å²) in [5, 5.41) is 2.82. The molecule has 6 heteroatoms. The summed E-state index contributed by atoms with van der Waals surface area (Å²) in [6.45, 7) is 1.50. The number of thiocarbonyl (C=S) groups is 1. The van der Waals surface area contributed by atoms with Crippen LogP contribution in [0.5, 0.6) is 0 Å². The number of benzene rings is 2. The van der Waals surface area contributed by atoms with Crippen LogP contribution in [0.15, 0.2) is 34.8 Å². The predicted octanol–water partition coefficient (Wildman–Crippen LogP) is 4.41. The van der Waals surface area contributed by atoms with Crippen molar-refractivity contribution in [2.45, 2.75) is 6.92 Å². The Labute approximate surface area is 129 Å². The molecule has 0 saturated carbocycles. The smallest absolute Gasteiger partial charge is 0.147 e. The van der Waals surface area contributed by atoms with E-state index in [0.29, 0.717) is 15.7 Å². The first-order chi connectivity index (χ1) is 9.40. The highest BCUT2D eigenvalue weighted by molar-refractivity contribution is 9.10. The number of aryl methyl sites for hydroxylation is 1. The van der Waals surface area contributed by atoms with Crippen LogP contribution < -0.4 is 11.1 Å². The first-order valence-corrected chi connectivity index (χ1v) is 6.91. The molecule has 0 atom stereocenters. The van der Waals surface area contributed by atoms with Crippen molar-refractivity contribution in [3.8, 4) is 0 Å². The molecular weight excluding hydrogens is 346 g/mol. The van der Waals surface area contributed by atoms with Gasteiger partial charge in [0.15, 0.2) is 0 Å². The van der Waals surface area contributed by atoms with Crippen LogP contribution in [0.2, 0.25) is 0 Å². The summed E-state index contributed by atoms with van der Waals surface area (Å²) in [6, 6.07) is 7.45. The van der Waals surface area contributed by atoms with Gasteiger partial charge in [-0.15, -0.1) is 0 Å². The van der Waals surface area contributed by atoms with Crippen LogP contribution in [0, 0.1) is 18.6 Å². The molecule has 0 aliphatic heterocycles. The van der Waals surface area contributed by atoms with Crippen molar-refractivity contribution >= 4 is 44.5 Å². The van der Waals surface area contributed by atoms with Crippen molar-refractivity contribution in [3.05, 3.63) is 57.6 Å². The fourth-order valence-electron chi connectivity index (χ4n) is 1.77. The summed E-state index contributed by atoms with van der Waals surface area (Å²) in [5.41, 5.74) is 6.99. The quantitative estimate of drug-likeness (QED) is 0.799. The van der Waals surface area contributed by atoms with Crippen LogP contribution in [0.1, 0.15) is 11.1 Å². The molecule has 20 heavy (non-hydrogen) atoms. The highest BCUT2D eigenvalue weighted by Crippen LogP contribution is 2.29. The van der Waals surface area contributed by atoms with Crippen LogP contribution in [-0.2, 0) is 0 Å². The topological polar surface area (TPSA) is 38.0 Å². The zero-order valence-corrected chi connectivity index (χ0v) is 12.9. The number of nitrogens with two attached hydrogens (primary N) is 1. The number of halogens is 3. The molecule has 3 N–H and O–H groups in total. The molecule has 0 unspecified atom stereocenters. The van der Waals surface area contributed by atoms with Crippen LogP contribution in [0.4, 0.5) is 20.2 Å². The van der Waals surface area contributed by atoms with E-state index in [9.17, 15) is 8.78 Å². The maximum Gasteiger partial charge on any atom is 0.147 e. The van der Waals surface area contributed by atoms with Crippen molar-refractivity contribution in [1.29, 1.82) is 0 Å². The molecule has 0 saturated heterocycles. The van der Waals surface area contributed by atoms with Crippen LogP contribution in [0.25, 0.3) is 0 Å². The molecule has 0 aromatic heterocycles. The first-order valence-electron chi connectivity index (χ1n) is 5.71. The summed E-state index contributed by atoms with van der Waals surface area (Å²) in [4.78, 5) is 0.160. The van der Waals surface area contributed by atoms with Gasteiger partial charge in [0.1, 0.15) is 16.6 Å². The van der Waals surface area contributed by atoms with E-state index in [4.69, 9.17) is 18.0 Å². The number of hydrogen-bond acceptors (Lipinski definition) is 2. The van der Waals surface area contributed by atoms with E-state index in [0.717, 1.165) is 12.1 Å². The molecule has 0 heterocycles. The van der Waals surface area contributed by atoms with Gasteiger partial charge >= 0.3 is 0 Å². The maximum atomic E-state index is 13.8. The third-order valence-corrected chi connectivity index (χ3v) is 3.64. The second-order valence-electron chi connectivity index (χ2n) is 4.23. The number of anilines is 2. The van der Waals surface area contributed by atoms with E-state index in [1.807, 2.05) is 0 Å². The average Bonchev–Trinajstić information content (AvgIpc) is 2.35. The molecular formula is C14H11BrF2N2S. The van der Waals surface area contributed by atoms with Gasteiger partial charge in [-0.05, 0) is 46.6 Å². The molecule has 104 valence electrons. The van der Waals surface area contributed by atoms with Crippen molar-refractivity contribution < 1.29 is 8.78 Å². The molecule has 0 amide bonds. The van der Waals surface area contributed by atoms with Gasteiger partial charge in [-0.2, -0.15) is 0 Å². The van der Waals surface area contributed by atoms with Gasteiger partial charge < -0.3 is 11.1 Å². The van der Waals surface area contributed by atoms with Crippen molar-refractivity contribution in [2.75, 3.05) is 5.32 Å². The molecule has 0 fully saturated rings. The standard InChI is InChI=1S/C14H11BrF2N2S/c1-7-5-10(17)12(6-9(7)16)19-11-4-2-3-8(15)13(11)14(18)20/h2-6,19H,1H3,(H2,18,20). The Bertz CT molecular complexity index is 689. The van der Waals surface area contributed by atoms with E-state index in [2.05, 4.69) is 21.2 Å². The Hall–Kier alpha value is -1.53. The molecule has 0 spiro atoms. The van der Waals surface area contributed by atoms with E-state index < -0.39 is 11.6 Å². The fourth-order valence-corrected chi connectivity index (χ4v) is 2.70. The highest BCUT2D eigenvalue weighted by atomic mass is 79.9. The van der Waals surface area contributed by atoms with Crippen molar-refractivity contribution in [2.24, 2.45) is 5.73 Å². The third kappa shape index (κ3) is 2.96. The minimum atomic E-state index is -0.544. The number of rotatable bonds is 3. The molecule has 2 nitrogen and oxygen atoms in total. The SMILES string of the molecule is Cc1cc(F)c(Nc2cccc(Br)c2C(N)=S)cc1F. The summed E-state index contributed by atoms with van der Waals surface area (Å²) >= 11 is 8.30. The summed E-state index contributed by atoms with van der Waals surface area (Å²) in [5.74, 6) is -1.03. The first kappa shape index (κ1) is 14.9. The molecule has 0 bridgehead atoms. The lowest BCUT2D eigenvalue weighted by atomic mass is 10.1. The second kappa shape index (κ2) is 5.85. The second-order valence-corrected chi connectivity index (χ2v) is 5.53. The summed E-state index contributed by atoms with van der Waals surface area (Å²) in [7, 11) is 0. The lowest BCUT2D eigenvalue weighted by Gasteiger charge is -2.14. The lowest BCUT2D eigenvalue weighted by Crippen LogP contribution is -2.13. The summed E-state index contributed by atoms with van der Waals surface area (Å²) < 4.78 is 28.1. The van der Waals surface area contributed by atoms with Crippen LogP contribution >= 0.6 is 28.1 Å². The van der Waals surface area contributed by atoms with E-state index in [-0.39, 0.29) is 16.2 Å². The average molecular weight is 357 g/mol. The van der Waals surface area contributed by atoms with Gasteiger partial charge in [0, 0.05) is 21.8 Å². The Kier molecular flexibility index (Phi) is 4.35. The Morgan fingerprint density at radius 2 is 1.90 bits per heavy atom. The van der Waals surface area contributed by atoms with Gasteiger partial charge in [0.2, 0.25) is 0 Å². The normalized spacial score (nSPS) is 10.4. The lowest BCUT2D eigenvalue weighted by molar-refractivity contribution is 0.595. The largest absolute Gasteiger partial charge is 0.389 e. The van der Waals surface area contributed by atoms with Crippen LogP contribution in [0.3, 0.4) is 0 Å². The molecule has 2 aromatic carbocycles. The Balaban J connectivity index is 2.48. The Morgan fingerprint density at radius 3 is 2.55 bits per heavy atom. The zero-order valence-electron chi connectivity index (χ0n) is 10.5. The van der Waals surface area contributed by atoms with Gasteiger partial charge in [0.25, 0.3) is 0 Å². The fraction of sp³-hybridized carbons (Fsp3) is 0.0714. The molecule has 0 aliphatic rings. The van der Waals surface area contributed by atoms with Gasteiger partial charge in [0.05, 0.1) is 5.69 Å². The van der Waals surface area contributed by atoms with Gasteiger partial charge in [-0.1, -0.05) is 18.3 Å². The minimum absolute atomic E-state index is 0.0312. The van der Waals surface area contributed by atoms with E-state index >= 15 is 0 Å². The van der Waals surface area contributed by atoms with Crippen molar-refractivity contribution in [1.82, 2.24) is 0 Å². The van der Waals surface area contributed by atoms with Gasteiger partial charge in [-0.3, -0.25) is 0 Å². The van der Waals surface area contributed by atoms with Crippen molar-refractivity contribution in [3.63, 3.8) is 0 Å². The maximum absolute atomic E-state index is 13.8. The van der Waals surface area contributed by atoms with E-state index in [1.165, 1.54) is 6.92 Å². The van der Waals surface area contributed by atoms with Crippen LogP contribution in [-0.4, -0.2) is 4.99 Å². The van der Waals surface area contributed by atoms with Gasteiger partial charge in [-0.25, -0.2) is 8.78 Å². The Morgan fingerprint density at radius 1 is 1.20 bits per heavy atom. The third-order valence-electron chi connectivity index (χ3n) is 2.78. The highest BCUT2D eigenvalue weighted by Gasteiger charge is 2.13. The predicted molar refractivity (Wildman–Crippen MR) is 84.4 cm³/mol. The molecule has 0 aliphatic carbocycles. The number of hydrogen-bond donors (Lipinski definition) is 2. The minimum Gasteiger partial charge on any atom is -0.389 e. The molecule has 2 rings (SSSR count). The molecule has 2 aromatic rings.